The van der Waals surface area contributed by atoms with Gasteiger partial charge in [0.25, 0.3) is 0 Å². The fourth-order valence-electron chi connectivity index (χ4n) is 2.09. The molecule has 0 aliphatic heterocycles. The van der Waals surface area contributed by atoms with E-state index in [1.165, 1.54) is 11.1 Å². The second-order valence-electron chi connectivity index (χ2n) is 5.22. The van der Waals surface area contributed by atoms with Gasteiger partial charge in [-0.25, -0.2) is 0 Å². The molecule has 0 aliphatic carbocycles. The molecule has 0 radical (unpaired) electrons. The minimum absolute atomic E-state index is 0.232. The van der Waals surface area contributed by atoms with Gasteiger partial charge in [-0.15, -0.1) is 0 Å². The Kier molecular flexibility index (Phi) is 6.89. The van der Waals surface area contributed by atoms with Gasteiger partial charge in [-0.2, -0.15) is 0 Å². The van der Waals surface area contributed by atoms with E-state index in [-0.39, 0.29) is 6.04 Å². The van der Waals surface area contributed by atoms with E-state index in [0.29, 0.717) is 19.1 Å². The van der Waals surface area contributed by atoms with Gasteiger partial charge in [-0.05, 0) is 36.6 Å². The molecule has 0 fully saturated rings. The van der Waals surface area contributed by atoms with Gasteiger partial charge in [-0.3, -0.25) is 0 Å². The summed E-state index contributed by atoms with van der Waals surface area (Å²) in [5, 5.41) is 3.37. The number of hydrogen-bond donors (Lipinski definition) is 1. The maximum Gasteiger partial charge on any atom is 0.123 e. The molecule has 0 bridgehead atoms. The van der Waals surface area contributed by atoms with Crippen molar-refractivity contribution >= 4 is 0 Å². The van der Waals surface area contributed by atoms with E-state index in [1.807, 2.05) is 0 Å². The summed E-state index contributed by atoms with van der Waals surface area (Å²) in [4.78, 5) is 0. The first-order chi connectivity index (χ1) is 9.08. The molecule has 1 unspecified atom stereocenters. The zero-order valence-corrected chi connectivity index (χ0v) is 12.8. The molecule has 3 heteroatoms. The molecular formula is C16H27NO2. The van der Waals surface area contributed by atoms with Crippen LogP contribution in [0.15, 0.2) is 18.2 Å². The molecule has 3 nitrogen and oxygen atoms in total. The summed E-state index contributed by atoms with van der Waals surface area (Å²) in [6, 6.07) is 6.65. The summed E-state index contributed by atoms with van der Waals surface area (Å²) >= 11 is 0. The Labute approximate surface area is 117 Å². The third-order valence-corrected chi connectivity index (χ3v) is 3.09. The van der Waals surface area contributed by atoms with Crippen LogP contribution >= 0.6 is 0 Å². The fraction of sp³-hybridized carbons (Fsp3) is 0.625. The third-order valence-electron chi connectivity index (χ3n) is 3.09. The first kappa shape index (κ1) is 16.0. The van der Waals surface area contributed by atoms with E-state index >= 15 is 0 Å². The standard InChI is InChI=1S/C16H27NO2/c1-6-17-14(10-18-5)11-19-16-9-13(4)7-8-15(16)12(2)3/h7-9,12,14,17H,6,10-11H2,1-5H3. The zero-order chi connectivity index (χ0) is 14.3. The lowest BCUT2D eigenvalue weighted by molar-refractivity contribution is 0.136. The highest BCUT2D eigenvalue weighted by Gasteiger charge is 2.12. The highest BCUT2D eigenvalue weighted by Crippen LogP contribution is 2.27. The van der Waals surface area contributed by atoms with E-state index < -0.39 is 0 Å². The van der Waals surface area contributed by atoms with Crippen molar-refractivity contribution in [3.05, 3.63) is 29.3 Å². The Hall–Kier alpha value is -1.06. The van der Waals surface area contributed by atoms with Crippen molar-refractivity contribution in [2.45, 2.75) is 39.7 Å². The van der Waals surface area contributed by atoms with E-state index in [4.69, 9.17) is 9.47 Å². The molecule has 0 saturated carbocycles. The van der Waals surface area contributed by atoms with Gasteiger partial charge in [0.2, 0.25) is 0 Å². The Balaban J connectivity index is 2.71. The molecule has 1 aromatic rings. The maximum absolute atomic E-state index is 6.00. The predicted molar refractivity (Wildman–Crippen MR) is 80.1 cm³/mol. The number of benzene rings is 1. The van der Waals surface area contributed by atoms with Crippen molar-refractivity contribution in [1.82, 2.24) is 5.32 Å². The van der Waals surface area contributed by atoms with Crippen molar-refractivity contribution in [3.63, 3.8) is 0 Å². The fourth-order valence-corrected chi connectivity index (χ4v) is 2.09. The van der Waals surface area contributed by atoms with Crippen molar-refractivity contribution in [2.75, 3.05) is 26.9 Å². The largest absolute Gasteiger partial charge is 0.492 e. The molecule has 0 heterocycles. The third kappa shape index (κ3) is 5.21. The number of rotatable bonds is 8. The number of aryl methyl sites for hydroxylation is 1. The summed E-state index contributed by atoms with van der Waals surface area (Å²) in [6.07, 6.45) is 0. The quantitative estimate of drug-likeness (QED) is 0.783. The van der Waals surface area contributed by atoms with Crippen molar-refractivity contribution in [1.29, 1.82) is 0 Å². The minimum atomic E-state index is 0.232. The van der Waals surface area contributed by atoms with Gasteiger partial charge in [0.05, 0.1) is 12.6 Å². The van der Waals surface area contributed by atoms with Crippen LogP contribution in [-0.4, -0.2) is 32.9 Å². The second-order valence-corrected chi connectivity index (χ2v) is 5.22. The molecule has 1 rings (SSSR count). The highest BCUT2D eigenvalue weighted by atomic mass is 16.5. The van der Waals surface area contributed by atoms with E-state index in [2.05, 4.69) is 51.2 Å². The molecule has 0 saturated heterocycles. The number of methoxy groups -OCH3 is 1. The Morgan fingerprint density at radius 1 is 1.21 bits per heavy atom. The SMILES string of the molecule is CCNC(COC)COc1cc(C)ccc1C(C)C. The number of nitrogens with one attached hydrogen (secondary N) is 1. The first-order valence-electron chi connectivity index (χ1n) is 7.04. The van der Waals surface area contributed by atoms with E-state index in [1.54, 1.807) is 7.11 Å². The molecule has 0 aliphatic rings. The minimum Gasteiger partial charge on any atom is -0.492 e. The van der Waals surface area contributed by atoms with Crippen LogP contribution in [0.5, 0.6) is 5.75 Å². The smallest absolute Gasteiger partial charge is 0.123 e. The molecule has 0 aromatic heterocycles. The van der Waals surface area contributed by atoms with E-state index in [9.17, 15) is 0 Å². The summed E-state index contributed by atoms with van der Waals surface area (Å²) < 4.78 is 11.2. The van der Waals surface area contributed by atoms with Crippen LogP contribution in [0.1, 0.15) is 37.8 Å². The molecule has 108 valence electrons. The van der Waals surface area contributed by atoms with Gasteiger partial charge in [-0.1, -0.05) is 32.9 Å². The monoisotopic (exact) mass is 265 g/mol. The Morgan fingerprint density at radius 3 is 2.53 bits per heavy atom. The number of ether oxygens (including phenoxy) is 2. The molecule has 0 spiro atoms. The Bertz CT molecular complexity index is 371. The number of likely N-dealkylation sites (N-methyl/N-ethyl adjacent to an activating group) is 1. The molecule has 1 aromatic carbocycles. The van der Waals surface area contributed by atoms with Gasteiger partial charge in [0, 0.05) is 7.11 Å². The van der Waals surface area contributed by atoms with Crippen LogP contribution in [-0.2, 0) is 4.74 Å². The zero-order valence-electron chi connectivity index (χ0n) is 12.8. The van der Waals surface area contributed by atoms with Crippen molar-refractivity contribution in [2.24, 2.45) is 0 Å². The lowest BCUT2D eigenvalue weighted by Gasteiger charge is -2.20. The predicted octanol–water partition coefficient (Wildman–Crippen LogP) is 3.12. The summed E-state index contributed by atoms with van der Waals surface area (Å²) in [5.41, 5.74) is 2.49. The second kappa shape index (κ2) is 8.18. The average Bonchev–Trinajstić information content (AvgIpc) is 2.36. The van der Waals surface area contributed by atoms with Crippen LogP contribution in [0.25, 0.3) is 0 Å². The van der Waals surface area contributed by atoms with Crippen molar-refractivity contribution < 1.29 is 9.47 Å². The lowest BCUT2D eigenvalue weighted by Crippen LogP contribution is -2.38. The van der Waals surface area contributed by atoms with Gasteiger partial charge in [0.15, 0.2) is 0 Å². The molecule has 0 amide bonds. The van der Waals surface area contributed by atoms with Crippen LogP contribution < -0.4 is 10.1 Å². The summed E-state index contributed by atoms with van der Waals surface area (Å²) in [5.74, 6) is 1.46. The highest BCUT2D eigenvalue weighted by molar-refractivity contribution is 5.39. The normalized spacial score (nSPS) is 12.7. The van der Waals surface area contributed by atoms with Crippen molar-refractivity contribution in [3.8, 4) is 5.75 Å². The van der Waals surface area contributed by atoms with Crippen LogP contribution in [0, 0.1) is 6.92 Å². The van der Waals surface area contributed by atoms with Crippen LogP contribution in [0.3, 0.4) is 0 Å². The maximum atomic E-state index is 6.00. The molecule has 1 N–H and O–H groups in total. The molecule has 1 atom stereocenters. The first-order valence-corrected chi connectivity index (χ1v) is 7.04. The molecule has 19 heavy (non-hydrogen) atoms. The summed E-state index contributed by atoms with van der Waals surface area (Å²) in [6.45, 7) is 10.8. The van der Waals surface area contributed by atoms with Gasteiger partial charge >= 0.3 is 0 Å². The van der Waals surface area contributed by atoms with Gasteiger partial charge in [0.1, 0.15) is 12.4 Å². The van der Waals surface area contributed by atoms with E-state index in [0.717, 1.165) is 12.3 Å². The van der Waals surface area contributed by atoms with Crippen LogP contribution in [0.4, 0.5) is 0 Å². The topological polar surface area (TPSA) is 30.5 Å². The summed E-state index contributed by atoms with van der Waals surface area (Å²) in [7, 11) is 1.72. The Morgan fingerprint density at radius 2 is 1.95 bits per heavy atom. The van der Waals surface area contributed by atoms with Crippen LogP contribution in [0.2, 0.25) is 0 Å². The van der Waals surface area contributed by atoms with Gasteiger partial charge < -0.3 is 14.8 Å². The number of hydrogen-bond acceptors (Lipinski definition) is 3. The molecular weight excluding hydrogens is 238 g/mol. The lowest BCUT2D eigenvalue weighted by atomic mass is 10.0. The average molecular weight is 265 g/mol.